The van der Waals surface area contributed by atoms with E-state index in [1.165, 1.54) is 31.9 Å². The maximum absolute atomic E-state index is 14.1. The van der Waals surface area contributed by atoms with Gasteiger partial charge in [-0.2, -0.15) is 0 Å². The Morgan fingerprint density at radius 1 is 0.783 bits per heavy atom. The van der Waals surface area contributed by atoms with Gasteiger partial charge >= 0.3 is 27.0 Å². The van der Waals surface area contributed by atoms with Crippen molar-refractivity contribution in [3.63, 3.8) is 0 Å². The van der Waals surface area contributed by atoms with Crippen LogP contribution in [0.15, 0.2) is 72.9 Å². The zero-order valence-electron chi connectivity index (χ0n) is 42.6. The highest BCUT2D eigenvalue weighted by Crippen LogP contribution is 2.47. The molecule has 386 valence electrons. The summed E-state index contributed by atoms with van der Waals surface area (Å²) in [7, 11) is -10.8. The number of ether oxygens (including phenoxy) is 6. The van der Waals surface area contributed by atoms with Gasteiger partial charge in [0.2, 0.25) is 5.91 Å². The van der Waals surface area contributed by atoms with E-state index in [2.05, 4.69) is 43.0 Å². The summed E-state index contributed by atoms with van der Waals surface area (Å²) in [5.74, 6) is -1.37. The second-order valence-electron chi connectivity index (χ2n) is 18.9. The summed E-state index contributed by atoms with van der Waals surface area (Å²) < 4.78 is 73.8. The first kappa shape index (κ1) is 58.1. The molecule has 3 unspecified atom stereocenters. The lowest BCUT2D eigenvalue weighted by Crippen LogP contribution is -2.60. The van der Waals surface area contributed by atoms with Crippen molar-refractivity contribution in [2.45, 2.75) is 143 Å². The van der Waals surface area contributed by atoms with Crippen LogP contribution in [0.1, 0.15) is 65.7 Å². The molecule has 0 aliphatic carbocycles. The van der Waals surface area contributed by atoms with E-state index < -0.39 is 95.2 Å². The van der Waals surface area contributed by atoms with Crippen molar-refractivity contribution in [1.29, 1.82) is 0 Å². The van der Waals surface area contributed by atoms with Crippen molar-refractivity contribution in [3.05, 3.63) is 84.1 Å². The first-order valence-corrected chi connectivity index (χ1v) is 33.3. The van der Waals surface area contributed by atoms with Gasteiger partial charge in [-0.15, -0.1) is 0 Å². The average molecular weight is 1040 g/mol. The number of carbonyl (C=O) groups is 4. The van der Waals surface area contributed by atoms with Crippen molar-refractivity contribution in [1.82, 2.24) is 20.2 Å². The molecule has 19 nitrogen and oxygen atoms in total. The minimum atomic E-state index is -4.24. The molecule has 2 aliphatic rings. The van der Waals surface area contributed by atoms with Crippen LogP contribution in [0.5, 0.6) is 0 Å². The van der Waals surface area contributed by atoms with Crippen LogP contribution in [0, 0.1) is 0 Å². The van der Waals surface area contributed by atoms with Crippen LogP contribution in [-0.2, 0) is 64.4 Å². The summed E-state index contributed by atoms with van der Waals surface area (Å²) in [4.78, 5) is 50.7. The third kappa shape index (κ3) is 19.2. The second-order valence-corrected chi connectivity index (χ2v) is 32.1. The van der Waals surface area contributed by atoms with Gasteiger partial charge in [0.25, 0.3) is 6.48 Å². The van der Waals surface area contributed by atoms with Gasteiger partial charge in [-0.05, 0) is 90.8 Å². The van der Waals surface area contributed by atoms with E-state index in [0.29, 0.717) is 0 Å². The molecular formula is C46H75N4O15PSi3. The smallest absolute Gasteiger partial charge is 0.463 e. The van der Waals surface area contributed by atoms with Gasteiger partial charge < -0.3 is 60.7 Å². The maximum atomic E-state index is 14.1. The van der Waals surface area contributed by atoms with E-state index in [-0.39, 0.29) is 51.0 Å². The highest BCUT2D eigenvalue weighted by molar-refractivity contribution is 7.49. The van der Waals surface area contributed by atoms with E-state index in [1.807, 2.05) is 107 Å². The van der Waals surface area contributed by atoms with Crippen molar-refractivity contribution < 1.29 is 69.2 Å². The van der Waals surface area contributed by atoms with Crippen LogP contribution in [-0.4, -0.2) is 148 Å². The number of urea groups is 1. The predicted molar refractivity (Wildman–Crippen MR) is 266 cm³/mol. The zero-order valence-corrected chi connectivity index (χ0v) is 46.5. The Morgan fingerprint density at radius 2 is 1.29 bits per heavy atom. The van der Waals surface area contributed by atoms with E-state index >= 15 is 0 Å². The molecule has 0 spiro atoms. The van der Waals surface area contributed by atoms with Gasteiger partial charge in [0, 0.05) is 39.1 Å². The van der Waals surface area contributed by atoms with Gasteiger partial charge in [-0.1, -0.05) is 60.7 Å². The Hall–Kier alpha value is -3.46. The molecule has 2 heterocycles. The number of rotatable bonds is 28. The van der Waals surface area contributed by atoms with E-state index in [9.17, 15) is 19.2 Å². The minimum Gasteiger partial charge on any atom is -0.463 e. The monoisotopic (exact) mass is 1040 g/mol. The summed E-state index contributed by atoms with van der Waals surface area (Å²) in [6.07, 6.45) is -2.80. The fraction of sp³-hybridized carbons (Fsp3) is 0.609. The number of nitrogens with one attached hydrogen (secondary N) is 2. The average Bonchev–Trinajstić information content (AvgIpc) is 3.56. The largest absolute Gasteiger partial charge is 0.659 e. The van der Waals surface area contributed by atoms with Crippen molar-refractivity contribution >= 4 is 57.9 Å². The van der Waals surface area contributed by atoms with E-state index in [0.717, 1.165) is 11.1 Å². The summed E-state index contributed by atoms with van der Waals surface area (Å²) in [6, 6.07) is 19.1. The molecule has 2 aromatic carbocycles. The minimum absolute atomic E-state index is 0.0634. The Kier molecular flexibility index (Phi) is 22.6. The third-order valence-corrected chi connectivity index (χ3v) is 19.9. The number of hydrogen-bond donors (Lipinski definition) is 2. The number of hydrogen-bond acceptors (Lipinski definition) is 16. The molecule has 1 saturated heterocycles. The third-order valence-electron chi connectivity index (χ3n) is 9.84. The van der Waals surface area contributed by atoms with Crippen LogP contribution in [0.4, 0.5) is 4.79 Å². The zero-order chi connectivity index (χ0) is 51.1. The summed E-state index contributed by atoms with van der Waals surface area (Å²) in [6.45, 7) is 24.2. The second kappa shape index (κ2) is 26.8. The predicted octanol–water partition coefficient (Wildman–Crippen LogP) is 6.95. The molecule has 1 fully saturated rings. The molecule has 23 heteroatoms. The number of amides is 3. The first-order valence-electron chi connectivity index (χ1n) is 23.2. The number of nitrogens with zero attached hydrogens (tertiary/aromatic N) is 2. The number of esters is 2. The molecule has 3 amide bonds. The summed E-state index contributed by atoms with van der Waals surface area (Å²) >= 11 is 0. The fourth-order valence-electron chi connectivity index (χ4n) is 7.56. The fourth-order valence-corrected chi connectivity index (χ4v) is 18.0. The van der Waals surface area contributed by atoms with E-state index in [1.54, 1.807) is 6.08 Å². The molecule has 0 aromatic heterocycles. The lowest BCUT2D eigenvalue weighted by Gasteiger charge is -2.41. The van der Waals surface area contributed by atoms with Crippen LogP contribution in [0.3, 0.4) is 0 Å². The molecule has 6 atom stereocenters. The van der Waals surface area contributed by atoms with Crippen molar-refractivity contribution in [2.24, 2.45) is 0 Å². The molecule has 2 aromatic rings. The van der Waals surface area contributed by atoms with Gasteiger partial charge in [-0.25, -0.2) is 4.79 Å². The van der Waals surface area contributed by atoms with Gasteiger partial charge in [-0.3, -0.25) is 24.0 Å². The van der Waals surface area contributed by atoms with Gasteiger partial charge in [0.15, 0.2) is 22.9 Å². The number of carbonyl (C=O) groups excluding carboxylic acids is 4. The van der Waals surface area contributed by atoms with Crippen molar-refractivity contribution in [3.8, 4) is 0 Å². The van der Waals surface area contributed by atoms with Crippen LogP contribution < -0.4 is 10.6 Å². The maximum Gasteiger partial charge on any atom is 0.659 e. The Labute approximate surface area is 412 Å². The molecular weight excluding hydrogens is 964 g/mol. The summed E-state index contributed by atoms with van der Waals surface area (Å²) in [5, 5.41) is 5.47. The van der Waals surface area contributed by atoms with Gasteiger partial charge in [0.1, 0.15) is 52.1 Å². The number of benzene rings is 2. The molecule has 2 aliphatic heterocycles. The lowest BCUT2D eigenvalue weighted by molar-refractivity contribution is -0.319. The Morgan fingerprint density at radius 3 is 1.72 bits per heavy atom. The van der Waals surface area contributed by atoms with Gasteiger partial charge in [0.05, 0.1) is 19.8 Å². The molecule has 4 rings (SSSR count). The van der Waals surface area contributed by atoms with E-state index in [4.69, 9.17) is 50.0 Å². The first-order chi connectivity index (χ1) is 32.4. The molecule has 0 bridgehead atoms. The highest BCUT2D eigenvalue weighted by Gasteiger charge is 2.57. The van der Waals surface area contributed by atoms with Crippen LogP contribution >= 0.6 is 8.30 Å². The topological polar surface area (TPSA) is 200 Å². The Bertz CT molecular complexity index is 1880. The lowest BCUT2D eigenvalue weighted by atomic mass is 10.0. The summed E-state index contributed by atoms with van der Waals surface area (Å²) in [5.41, 5.74) is 1.73. The van der Waals surface area contributed by atoms with Crippen LogP contribution in [0.2, 0.25) is 39.3 Å². The highest BCUT2D eigenvalue weighted by atomic mass is 31.2. The molecule has 0 radical (unpaired) electrons. The standard InChI is InChI=1S/C46H75N4O15PSi3/c1-32(2)50(33(3)4)66(8)62-42-39(31-59-69(64-67(9,10)11,65-68(12,13)14)63-41(37-21-17-15-18-22-37)38-23-19-16-20-24-38)60-44(49-26-25-40(47-34(5)51)48-45(49)54)43(42)61-46(57-29-27-55-35(6)52)58-30-28-56-36(7)53/h15-26,32-33,39-44,46H,27-31H2,1-14H3,(H,47,51)(H,48,54)/t39-,40?,42+,43?,44-,66?/m1/s1. The molecule has 0 saturated carbocycles. The Balaban J connectivity index is 1.89. The SMILES string of the molecule is CC(=O)NC1C=CN([C@@H]2O[C@H](CO[Si](OC(c3ccccc3)c3ccccc3)(O[Si](C)(C)C)O[Si](C)(C)C)[C@H](OP(C)N(C(C)C)C(C)C)C2OC(OCCOC(C)=O)OCCOC(C)=O)C(=O)N1. The van der Waals surface area contributed by atoms with Crippen LogP contribution in [0.25, 0.3) is 0 Å². The molecule has 2 N–H and O–H groups in total. The molecule has 69 heavy (non-hydrogen) atoms. The van der Waals surface area contributed by atoms with Crippen molar-refractivity contribution in [2.75, 3.05) is 39.7 Å². The normalized spacial score (nSPS) is 20.5. The quantitative estimate of drug-likeness (QED) is 0.0291.